The summed E-state index contributed by atoms with van der Waals surface area (Å²) in [6.45, 7) is 7.96. The van der Waals surface area contributed by atoms with E-state index >= 15 is 0 Å². The highest BCUT2D eigenvalue weighted by atomic mass is 32.2. The smallest absolute Gasteiger partial charge is 0.262 e. The molecule has 1 heterocycles. The van der Waals surface area contributed by atoms with Crippen molar-refractivity contribution in [1.82, 2.24) is 0 Å². The minimum Gasteiger partial charge on any atom is -0.496 e. The van der Waals surface area contributed by atoms with Crippen molar-refractivity contribution in [2.45, 2.75) is 44.4 Å². The molecule has 1 fully saturated rings. The standard InChI is InChI=1S/C21H28N2O3S/c1-15(2)19-14-21(16(3)13-20(19)26-4)27(24,25)22-17-7-9-18(10-8-17)23-11-5-6-12-23/h7-10,13-15,22H,5-6,11-12H2,1-4H3. The van der Waals surface area contributed by atoms with Gasteiger partial charge in [0, 0.05) is 24.5 Å². The second-order valence-electron chi connectivity index (χ2n) is 7.36. The lowest BCUT2D eigenvalue weighted by atomic mass is 10.0. The normalized spacial score (nSPS) is 14.6. The first-order chi connectivity index (χ1) is 12.8. The fourth-order valence-electron chi connectivity index (χ4n) is 3.52. The van der Waals surface area contributed by atoms with Crippen molar-refractivity contribution < 1.29 is 13.2 Å². The Labute approximate surface area is 162 Å². The van der Waals surface area contributed by atoms with Crippen molar-refractivity contribution in [2.24, 2.45) is 0 Å². The number of ether oxygens (including phenoxy) is 1. The monoisotopic (exact) mass is 388 g/mol. The largest absolute Gasteiger partial charge is 0.496 e. The van der Waals surface area contributed by atoms with E-state index in [4.69, 9.17) is 4.74 Å². The van der Waals surface area contributed by atoms with E-state index in [1.54, 1.807) is 26.2 Å². The number of aryl methyl sites for hydroxylation is 1. The average Bonchev–Trinajstić information content (AvgIpc) is 3.15. The molecule has 0 aromatic heterocycles. The van der Waals surface area contributed by atoms with E-state index in [0.29, 0.717) is 11.3 Å². The summed E-state index contributed by atoms with van der Waals surface area (Å²) in [4.78, 5) is 2.61. The summed E-state index contributed by atoms with van der Waals surface area (Å²) in [5.74, 6) is 0.880. The zero-order valence-electron chi connectivity index (χ0n) is 16.5. The van der Waals surface area contributed by atoms with Crippen LogP contribution in [0.3, 0.4) is 0 Å². The van der Waals surface area contributed by atoms with Gasteiger partial charge in [0.1, 0.15) is 5.75 Å². The first kappa shape index (κ1) is 19.5. The molecule has 0 unspecified atom stereocenters. The molecule has 2 aromatic rings. The second kappa shape index (κ2) is 7.80. The van der Waals surface area contributed by atoms with Crippen molar-refractivity contribution in [3.63, 3.8) is 0 Å². The van der Waals surface area contributed by atoms with Crippen LogP contribution < -0.4 is 14.4 Å². The number of nitrogens with zero attached hydrogens (tertiary/aromatic N) is 1. The topological polar surface area (TPSA) is 58.6 Å². The molecule has 146 valence electrons. The minimum atomic E-state index is -3.68. The van der Waals surface area contributed by atoms with Crippen LogP contribution in [0.1, 0.15) is 43.7 Å². The van der Waals surface area contributed by atoms with Crippen LogP contribution in [0.15, 0.2) is 41.3 Å². The molecule has 5 nitrogen and oxygen atoms in total. The van der Waals surface area contributed by atoms with Crippen molar-refractivity contribution in [2.75, 3.05) is 29.8 Å². The first-order valence-electron chi connectivity index (χ1n) is 9.38. The molecule has 0 saturated carbocycles. The third-order valence-electron chi connectivity index (χ3n) is 5.03. The van der Waals surface area contributed by atoms with Gasteiger partial charge in [-0.15, -0.1) is 0 Å². The second-order valence-corrected chi connectivity index (χ2v) is 9.01. The number of anilines is 2. The predicted octanol–water partition coefficient (Wildman–Crippen LogP) is 4.53. The molecule has 3 rings (SSSR count). The maximum Gasteiger partial charge on any atom is 0.262 e. The Hall–Kier alpha value is -2.21. The van der Waals surface area contributed by atoms with E-state index in [1.807, 2.05) is 38.1 Å². The fourth-order valence-corrected chi connectivity index (χ4v) is 4.84. The third-order valence-corrected chi connectivity index (χ3v) is 6.55. The summed E-state index contributed by atoms with van der Waals surface area (Å²) in [6.07, 6.45) is 2.42. The molecule has 27 heavy (non-hydrogen) atoms. The maximum atomic E-state index is 13.0. The van der Waals surface area contributed by atoms with Crippen LogP contribution >= 0.6 is 0 Å². The highest BCUT2D eigenvalue weighted by molar-refractivity contribution is 7.92. The minimum absolute atomic E-state index is 0.161. The van der Waals surface area contributed by atoms with Crippen molar-refractivity contribution >= 4 is 21.4 Å². The van der Waals surface area contributed by atoms with Crippen molar-refractivity contribution in [3.8, 4) is 5.75 Å². The third kappa shape index (κ3) is 4.21. The molecule has 0 aliphatic carbocycles. The molecule has 0 radical (unpaired) electrons. The number of hydrogen-bond donors (Lipinski definition) is 1. The summed E-state index contributed by atoms with van der Waals surface area (Å²) >= 11 is 0. The Bertz CT molecular complexity index is 900. The first-order valence-corrected chi connectivity index (χ1v) is 10.9. The molecule has 1 aliphatic heterocycles. The molecule has 0 spiro atoms. The molecular weight excluding hydrogens is 360 g/mol. The van der Waals surface area contributed by atoms with E-state index in [-0.39, 0.29) is 10.8 Å². The number of hydrogen-bond acceptors (Lipinski definition) is 4. The van der Waals surface area contributed by atoms with Gasteiger partial charge in [-0.1, -0.05) is 13.8 Å². The molecule has 1 saturated heterocycles. The molecule has 1 aliphatic rings. The van der Waals surface area contributed by atoms with Gasteiger partial charge in [-0.3, -0.25) is 4.72 Å². The summed E-state index contributed by atoms with van der Waals surface area (Å²) in [6, 6.07) is 11.1. The van der Waals surface area contributed by atoms with Gasteiger partial charge >= 0.3 is 0 Å². The Morgan fingerprint density at radius 3 is 2.26 bits per heavy atom. The lowest BCUT2D eigenvalue weighted by molar-refractivity contribution is 0.406. The van der Waals surface area contributed by atoms with Gasteiger partial charge in [-0.05, 0) is 73.2 Å². The van der Waals surface area contributed by atoms with Gasteiger partial charge in [0.05, 0.1) is 12.0 Å². The van der Waals surface area contributed by atoms with Crippen LogP contribution in [0.4, 0.5) is 11.4 Å². The summed E-state index contributed by atoms with van der Waals surface area (Å²) in [5, 5.41) is 0. The Balaban J connectivity index is 1.87. The highest BCUT2D eigenvalue weighted by Crippen LogP contribution is 2.32. The van der Waals surface area contributed by atoms with Crippen LogP contribution in [0, 0.1) is 6.92 Å². The Kier molecular flexibility index (Phi) is 5.65. The Morgan fingerprint density at radius 2 is 1.70 bits per heavy atom. The average molecular weight is 389 g/mol. The lowest BCUT2D eigenvalue weighted by Gasteiger charge is -2.19. The summed E-state index contributed by atoms with van der Waals surface area (Å²) in [5.41, 5.74) is 3.25. The molecule has 6 heteroatoms. The van der Waals surface area contributed by atoms with E-state index in [0.717, 1.165) is 30.1 Å². The molecular formula is C21H28N2O3S. The van der Waals surface area contributed by atoms with Crippen LogP contribution in [-0.2, 0) is 10.0 Å². The van der Waals surface area contributed by atoms with Gasteiger partial charge in [-0.2, -0.15) is 0 Å². The SMILES string of the molecule is COc1cc(C)c(S(=O)(=O)Nc2ccc(N3CCCC3)cc2)cc1C(C)C. The Morgan fingerprint density at radius 1 is 1.07 bits per heavy atom. The van der Waals surface area contributed by atoms with Crippen LogP contribution in [-0.4, -0.2) is 28.6 Å². The molecule has 1 N–H and O–H groups in total. The van der Waals surface area contributed by atoms with E-state index in [1.165, 1.54) is 12.8 Å². The van der Waals surface area contributed by atoms with Gasteiger partial charge in [0.2, 0.25) is 0 Å². The number of rotatable bonds is 6. The van der Waals surface area contributed by atoms with E-state index < -0.39 is 10.0 Å². The van der Waals surface area contributed by atoms with Crippen LogP contribution in [0.25, 0.3) is 0 Å². The maximum absolute atomic E-state index is 13.0. The summed E-state index contributed by atoms with van der Waals surface area (Å²) < 4.78 is 34.1. The highest BCUT2D eigenvalue weighted by Gasteiger charge is 2.21. The van der Waals surface area contributed by atoms with Gasteiger partial charge in [0.15, 0.2) is 0 Å². The lowest BCUT2D eigenvalue weighted by Crippen LogP contribution is -2.18. The number of benzene rings is 2. The van der Waals surface area contributed by atoms with Crippen LogP contribution in [0.5, 0.6) is 5.75 Å². The molecule has 0 amide bonds. The fraction of sp³-hybridized carbons (Fsp3) is 0.429. The van der Waals surface area contributed by atoms with Crippen LogP contribution in [0.2, 0.25) is 0 Å². The van der Waals surface area contributed by atoms with E-state index in [9.17, 15) is 8.42 Å². The van der Waals surface area contributed by atoms with Gasteiger partial charge < -0.3 is 9.64 Å². The van der Waals surface area contributed by atoms with Gasteiger partial charge in [-0.25, -0.2) is 8.42 Å². The zero-order valence-corrected chi connectivity index (χ0v) is 17.3. The number of methoxy groups -OCH3 is 1. The quantitative estimate of drug-likeness (QED) is 0.790. The van der Waals surface area contributed by atoms with E-state index in [2.05, 4.69) is 9.62 Å². The summed E-state index contributed by atoms with van der Waals surface area (Å²) in [7, 11) is -2.07. The molecule has 2 aromatic carbocycles. The number of sulfonamides is 1. The van der Waals surface area contributed by atoms with Crippen molar-refractivity contribution in [3.05, 3.63) is 47.5 Å². The number of nitrogens with one attached hydrogen (secondary N) is 1. The molecule has 0 bridgehead atoms. The van der Waals surface area contributed by atoms with Crippen molar-refractivity contribution in [1.29, 1.82) is 0 Å². The predicted molar refractivity (Wildman–Crippen MR) is 111 cm³/mol. The van der Waals surface area contributed by atoms with Gasteiger partial charge in [0.25, 0.3) is 10.0 Å². The molecule has 0 atom stereocenters. The zero-order chi connectivity index (χ0) is 19.6.